The number of nitrogens with two attached hydrogens (primary N) is 1. The molecular weight excluding hydrogens is 329 g/mol. The molecule has 5 nitrogen and oxygen atoms in total. The Balaban J connectivity index is 2.17. The Kier molecular flexibility index (Phi) is 3.29. The van der Waals surface area contributed by atoms with Crippen molar-refractivity contribution in [3.63, 3.8) is 0 Å². The van der Waals surface area contributed by atoms with Crippen LogP contribution in [0.3, 0.4) is 0 Å². The second-order valence-corrected chi connectivity index (χ2v) is 5.30. The van der Waals surface area contributed by atoms with Gasteiger partial charge in [-0.2, -0.15) is 5.10 Å². The number of nitrogens with zero attached hydrogens (tertiary/aromatic N) is 2. The first kappa shape index (κ1) is 13.2. The zero-order valence-electron chi connectivity index (χ0n) is 10.8. The summed E-state index contributed by atoms with van der Waals surface area (Å²) in [6, 6.07) is 3.22. The van der Waals surface area contributed by atoms with Crippen LogP contribution in [0.1, 0.15) is 6.42 Å². The monoisotopic (exact) mass is 341 g/mol. The highest BCUT2D eigenvalue weighted by atomic mass is 79.9. The van der Waals surface area contributed by atoms with Crippen LogP contribution in [0.15, 0.2) is 16.6 Å². The molecule has 0 radical (unpaired) electrons. The van der Waals surface area contributed by atoms with E-state index in [0.717, 1.165) is 6.42 Å². The summed E-state index contributed by atoms with van der Waals surface area (Å²) >= 11 is 3.23. The fourth-order valence-electron chi connectivity index (χ4n) is 2.04. The van der Waals surface area contributed by atoms with E-state index in [1.807, 2.05) is 0 Å². The van der Waals surface area contributed by atoms with Gasteiger partial charge in [0.25, 0.3) is 0 Å². The molecule has 0 atom stereocenters. The first-order valence-electron chi connectivity index (χ1n) is 6.15. The molecule has 1 aromatic carbocycles. The van der Waals surface area contributed by atoms with Gasteiger partial charge in [0, 0.05) is 25.1 Å². The average molecular weight is 342 g/mol. The zero-order valence-corrected chi connectivity index (χ0v) is 12.4. The van der Waals surface area contributed by atoms with Gasteiger partial charge in [-0.1, -0.05) is 0 Å². The molecule has 2 aromatic rings. The van der Waals surface area contributed by atoms with Crippen molar-refractivity contribution in [1.29, 1.82) is 0 Å². The van der Waals surface area contributed by atoms with Crippen molar-refractivity contribution in [3.8, 4) is 22.8 Å². The van der Waals surface area contributed by atoms with E-state index in [4.69, 9.17) is 15.2 Å². The zero-order chi connectivity index (χ0) is 14.3. The number of rotatable bonds is 1. The van der Waals surface area contributed by atoms with Gasteiger partial charge in [-0.05, 0) is 22.0 Å². The highest BCUT2D eigenvalue weighted by Gasteiger charge is 2.23. The number of fused-ring (bicyclic) bond motifs is 1. The van der Waals surface area contributed by atoms with E-state index in [2.05, 4.69) is 21.0 Å². The van der Waals surface area contributed by atoms with Crippen LogP contribution in [0.4, 0.5) is 10.2 Å². The summed E-state index contributed by atoms with van der Waals surface area (Å²) < 4.78 is 27.3. The summed E-state index contributed by atoms with van der Waals surface area (Å²) in [4.78, 5) is 0. The van der Waals surface area contributed by atoms with E-state index in [1.54, 1.807) is 19.2 Å². The molecule has 0 unspecified atom stereocenters. The lowest BCUT2D eigenvalue weighted by Crippen LogP contribution is -1.98. The fourth-order valence-corrected chi connectivity index (χ4v) is 2.57. The summed E-state index contributed by atoms with van der Waals surface area (Å²) in [6.45, 7) is 1.04. The maximum atomic E-state index is 14.5. The molecule has 0 spiro atoms. The van der Waals surface area contributed by atoms with Gasteiger partial charge in [0.2, 0.25) is 0 Å². The number of anilines is 1. The SMILES string of the molecule is Cn1nc(-c2cc3c(c(Br)c2F)OCCCO3)cc1N. The molecule has 7 heteroatoms. The molecule has 106 valence electrons. The third-order valence-corrected chi connectivity index (χ3v) is 3.82. The predicted octanol–water partition coefficient (Wildman–Crippen LogP) is 2.73. The van der Waals surface area contributed by atoms with Gasteiger partial charge < -0.3 is 15.2 Å². The number of aryl methyl sites for hydroxylation is 1. The summed E-state index contributed by atoms with van der Waals surface area (Å²) in [5, 5.41) is 4.19. The molecule has 0 fully saturated rings. The third-order valence-electron chi connectivity index (χ3n) is 3.11. The highest BCUT2D eigenvalue weighted by Crippen LogP contribution is 2.43. The number of hydrogen-bond donors (Lipinski definition) is 1. The van der Waals surface area contributed by atoms with Crippen LogP contribution in [0, 0.1) is 5.82 Å². The molecule has 3 rings (SSSR count). The number of hydrogen-bond acceptors (Lipinski definition) is 4. The Labute approximate surface area is 123 Å². The molecule has 1 aliphatic heterocycles. The Bertz CT molecular complexity index is 653. The maximum Gasteiger partial charge on any atom is 0.178 e. The molecule has 0 bridgehead atoms. The molecular formula is C13H13BrFN3O2. The lowest BCUT2D eigenvalue weighted by Gasteiger charge is -2.12. The van der Waals surface area contributed by atoms with Gasteiger partial charge in [-0.25, -0.2) is 4.39 Å². The Morgan fingerprint density at radius 3 is 2.80 bits per heavy atom. The van der Waals surface area contributed by atoms with Crippen LogP contribution in [-0.2, 0) is 7.05 Å². The first-order valence-corrected chi connectivity index (χ1v) is 6.94. The van der Waals surface area contributed by atoms with E-state index >= 15 is 0 Å². The largest absolute Gasteiger partial charge is 0.489 e. The lowest BCUT2D eigenvalue weighted by atomic mass is 10.1. The molecule has 1 aromatic heterocycles. The van der Waals surface area contributed by atoms with Crippen molar-refractivity contribution in [2.45, 2.75) is 6.42 Å². The minimum Gasteiger partial charge on any atom is -0.489 e. The van der Waals surface area contributed by atoms with E-state index in [-0.39, 0.29) is 4.47 Å². The van der Waals surface area contributed by atoms with Crippen LogP contribution in [-0.4, -0.2) is 23.0 Å². The molecule has 0 aliphatic carbocycles. The highest BCUT2D eigenvalue weighted by molar-refractivity contribution is 9.10. The molecule has 1 aliphatic rings. The van der Waals surface area contributed by atoms with E-state index < -0.39 is 5.82 Å². The van der Waals surface area contributed by atoms with Gasteiger partial charge in [0.1, 0.15) is 5.82 Å². The maximum absolute atomic E-state index is 14.5. The van der Waals surface area contributed by atoms with Gasteiger partial charge >= 0.3 is 0 Å². The first-order chi connectivity index (χ1) is 9.58. The Hall–Kier alpha value is -1.76. The van der Waals surface area contributed by atoms with Crippen LogP contribution in [0.2, 0.25) is 0 Å². The van der Waals surface area contributed by atoms with Crippen molar-refractivity contribution >= 4 is 21.7 Å². The summed E-state index contributed by atoms with van der Waals surface area (Å²) in [5.74, 6) is 0.928. The second kappa shape index (κ2) is 4.97. The van der Waals surface area contributed by atoms with Crippen LogP contribution >= 0.6 is 15.9 Å². The normalized spacial score (nSPS) is 14.2. The van der Waals surface area contributed by atoms with Crippen molar-refractivity contribution in [2.75, 3.05) is 18.9 Å². The standard InChI is InChI=1S/C13H13BrFN3O2/c1-18-10(16)6-8(17-18)7-5-9-13(11(14)12(7)15)20-4-2-3-19-9/h5-6H,2-4,16H2,1H3. The molecule has 2 heterocycles. The van der Waals surface area contributed by atoms with Crippen LogP contribution in [0.5, 0.6) is 11.5 Å². The minimum absolute atomic E-state index is 0.246. The Morgan fingerprint density at radius 1 is 1.35 bits per heavy atom. The van der Waals surface area contributed by atoms with Gasteiger partial charge in [0.15, 0.2) is 17.3 Å². The van der Waals surface area contributed by atoms with Gasteiger partial charge in [-0.3, -0.25) is 4.68 Å². The average Bonchev–Trinajstić information content (AvgIpc) is 2.65. The number of halogens is 2. The lowest BCUT2D eigenvalue weighted by molar-refractivity contribution is 0.296. The predicted molar refractivity (Wildman–Crippen MR) is 76.3 cm³/mol. The van der Waals surface area contributed by atoms with Crippen molar-refractivity contribution in [3.05, 3.63) is 22.4 Å². The minimum atomic E-state index is -0.438. The van der Waals surface area contributed by atoms with Gasteiger partial charge in [0.05, 0.1) is 23.4 Å². The summed E-state index contributed by atoms with van der Waals surface area (Å²) in [7, 11) is 1.70. The molecule has 0 amide bonds. The smallest absolute Gasteiger partial charge is 0.178 e. The second-order valence-electron chi connectivity index (χ2n) is 4.51. The summed E-state index contributed by atoms with van der Waals surface area (Å²) in [6.07, 6.45) is 0.759. The van der Waals surface area contributed by atoms with Crippen molar-refractivity contribution in [2.24, 2.45) is 7.05 Å². The molecule has 0 saturated carbocycles. The summed E-state index contributed by atoms with van der Waals surface area (Å²) in [5.41, 5.74) is 6.52. The number of nitrogen functional groups attached to an aromatic ring is 1. The quantitative estimate of drug-likeness (QED) is 0.866. The number of ether oxygens (including phenoxy) is 2. The van der Waals surface area contributed by atoms with E-state index in [1.165, 1.54) is 4.68 Å². The number of aromatic nitrogens is 2. The Morgan fingerprint density at radius 2 is 2.10 bits per heavy atom. The topological polar surface area (TPSA) is 62.3 Å². The van der Waals surface area contributed by atoms with Crippen molar-refractivity contribution in [1.82, 2.24) is 9.78 Å². The van der Waals surface area contributed by atoms with Crippen LogP contribution in [0.25, 0.3) is 11.3 Å². The molecule has 20 heavy (non-hydrogen) atoms. The van der Waals surface area contributed by atoms with E-state index in [9.17, 15) is 4.39 Å². The van der Waals surface area contributed by atoms with E-state index in [0.29, 0.717) is 41.8 Å². The number of benzene rings is 1. The third kappa shape index (κ3) is 2.11. The van der Waals surface area contributed by atoms with Crippen LogP contribution < -0.4 is 15.2 Å². The van der Waals surface area contributed by atoms with Gasteiger partial charge in [-0.15, -0.1) is 0 Å². The molecule has 2 N–H and O–H groups in total. The fraction of sp³-hybridized carbons (Fsp3) is 0.308. The molecule has 0 saturated heterocycles. The van der Waals surface area contributed by atoms with Crippen molar-refractivity contribution < 1.29 is 13.9 Å².